The van der Waals surface area contributed by atoms with Gasteiger partial charge in [-0.15, -0.1) is 0 Å². The topological polar surface area (TPSA) is 75.6 Å². The molecule has 0 spiro atoms. The molecule has 2 N–H and O–H groups in total. The van der Waals surface area contributed by atoms with Gasteiger partial charge in [0, 0.05) is 18.3 Å². The standard InChI is InChI=1S/C16H25Cl6NO4/c1-8(15(17,18)19)6-10(12(25)14(3,4)13(26)27-5)23-11(24)7-9(2)16(20,21)22/h8-10,12,25H,6-7H2,1-5H3,(H,23,24)/t8-,9-,10-,12+/m0/s1. The van der Waals surface area contributed by atoms with E-state index in [4.69, 9.17) is 74.3 Å². The number of carbonyl (C=O) groups is 2. The summed E-state index contributed by atoms with van der Waals surface area (Å²) in [5, 5.41) is 13.4. The van der Waals surface area contributed by atoms with Crippen LogP contribution >= 0.6 is 69.6 Å². The third-order valence-corrected chi connectivity index (χ3v) is 6.63. The van der Waals surface area contributed by atoms with Gasteiger partial charge >= 0.3 is 5.97 Å². The zero-order valence-corrected chi connectivity index (χ0v) is 20.2. The molecular weight excluding hydrogens is 483 g/mol. The van der Waals surface area contributed by atoms with Gasteiger partial charge in [0.2, 0.25) is 5.91 Å². The summed E-state index contributed by atoms with van der Waals surface area (Å²) in [5.74, 6) is -2.25. The van der Waals surface area contributed by atoms with Gasteiger partial charge < -0.3 is 15.2 Å². The molecule has 0 aromatic carbocycles. The number of nitrogens with one attached hydrogen (secondary N) is 1. The van der Waals surface area contributed by atoms with Crippen molar-refractivity contribution < 1.29 is 19.4 Å². The average molecular weight is 508 g/mol. The lowest BCUT2D eigenvalue weighted by Crippen LogP contribution is -2.54. The molecule has 0 unspecified atom stereocenters. The molecule has 4 atom stereocenters. The Morgan fingerprint density at radius 3 is 1.81 bits per heavy atom. The number of esters is 1. The number of hydrogen-bond donors (Lipinski definition) is 2. The van der Waals surface area contributed by atoms with E-state index in [9.17, 15) is 14.7 Å². The lowest BCUT2D eigenvalue weighted by Gasteiger charge is -2.36. The fourth-order valence-electron chi connectivity index (χ4n) is 2.33. The number of halogens is 6. The average Bonchev–Trinajstić information content (AvgIpc) is 2.50. The lowest BCUT2D eigenvalue weighted by molar-refractivity contribution is -0.159. The molecule has 5 nitrogen and oxygen atoms in total. The summed E-state index contributed by atoms with van der Waals surface area (Å²) in [6, 6.07) is -0.903. The van der Waals surface area contributed by atoms with E-state index in [1.807, 2.05) is 0 Å². The number of methoxy groups -OCH3 is 1. The van der Waals surface area contributed by atoms with Crippen molar-refractivity contribution in [3.63, 3.8) is 0 Å². The van der Waals surface area contributed by atoms with E-state index in [1.165, 1.54) is 21.0 Å². The molecule has 0 aliphatic carbocycles. The summed E-state index contributed by atoms with van der Waals surface area (Å²) in [4.78, 5) is 24.4. The molecule has 0 aromatic heterocycles. The number of rotatable bonds is 8. The molecule has 0 aromatic rings. The van der Waals surface area contributed by atoms with Crippen molar-refractivity contribution in [3.05, 3.63) is 0 Å². The van der Waals surface area contributed by atoms with Crippen LogP contribution in [0.2, 0.25) is 0 Å². The number of ether oxygens (including phenoxy) is 1. The lowest BCUT2D eigenvalue weighted by atomic mass is 9.80. The molecule has 0 fully saturated rings. The second kappa shape index (κ2) is 10.6. The second-order valence-corrected chi connectivity index (χ2v) is 11.9. The highest BCUT2D eigenvalue weighted by atomic mass is 35.6. The summed E-state index contributed by atoms with van der Waals surface area (Å²) in [7, 11) is 1.21. The van der Waals surface area contributed by atoms with Gasteiger partial charge in [-0.2, -0.15) is 0 Å². The van der Waals surface area contributed by atoms with Crippen molar-refractivity contribution in [1.82, 2.24) is 5.32 Å². The fourth-order valence-corrected chi connectivity index (χ4v) is 2.83. The first-order valence-electron chi connectivity index (χ1n) is 8.13. The van der Waals surface area contributed by atoms with Crippen LogP contribution in [0.25, 0.3) is 0 Å². The molecule has 0 saturated carbocycles. The van der Waals surface area contributed by atoms with E-state index in [2.05, 4.69) is 5.32 Å². The highest BCUT2D eigenvalue weighted by Crippen LogP contribution is 2.39. The number of carbonyl (C=O) groups excluding carboxylic acids is 2. The van der Waals surface area contributed by atoms with Gasteiger partial charge in [0.15, 0.2) is 7.59 Å². The maximum atomic E-state index is 12.4. The first-order chi connectivity index (χ1) is 11.9. The van der Waals surface area contributed by atoms with Crippen LogP contribution in [-0.2, 0) is 14.3 Å². The van der Waals surface area contributed by atoms with E-state index < -0.39 is 48.9 Å². The van der Waals surface area contributed by atoms with Gasteiger partial charge in [0.25, 0.3) is 0 Å². The summed E-state index contributed by atoms with van der Waals surface area (Å²) >= 11 is 35.1. The van der Waals surface area contributed by atoms with Gasteiger partial charge in [0.05, 0.1) is 24.7 Å². The van der Waals surface area contributed by atoms with Crippen molar-refractivity contribution in [1.29, 1.82) is 0 Å². The minimum atomic E-state index is -1.62. The maximum absolute atomic E-state index is 12.4. The second-order valence-electron chi connectivity index (χ2n) is 7.16. The number of hydrogen-bond acceptors (Lipinski definition) is 4. The molecule has 160 valence electrons. The highest BCUT2D eigenvalue weighted by molar-refractivity contribution is 6.68. The van der Waals surface area contributed by atoms with Gasteiger partial charge in [-0.1, -0.05) is 83.5 Å². The van der Waals surface area contributed by atoms with E-state index in [0.29, 0.717) is 0 Å². The minimum Gasteiger partial charge on any atom is -0.469 e. The van der Waals surface area contributed by atoms with Crippen LogP contribution in [-0.4, -0.2) is 43.8 Å². The fraction of sp³-hybridized carbons (Fsp3) is 0.875. The van der Waals surface area contributed by atoms with Gasteiger partial charge in [-0.25, -0.2) is 0 Å². The molecule has 0 heterocycles. The van der Waals surface area contributed by atoms with Crippen molar-refractivity contribution in [2.45, 2.75) is 60.3 Å². The largest absolute Gasteiger partial charge is 0.469 e. The summed E-state index contributed by atoms with van der Waals surface area (Å²) < 4.78 is 1.49. The predicted octanol–water partition coefficient (Wildman–Crippen LogP) is 4.82. The Labute approximate surface area is 190 Å². The SMILES string of the molecule is COC(=O)C(C)(C)[C@H](O)[C@H](C[C@H](C)C(Cl)(Cl)Cl)NC(=O)C[C@H](C)C(Cl)(Cl)Cl. The third-order valence-electron chi connectivity index (χ3n) is 4.40. The zero-order chi connectivity index (χ0) is 21.8. The molecule has 0 aliphatic heterocycles. The normalized spacial score (nSPS) is 17.6. The molecule has 0 bridgehead atoms. The Balaban J connectivity index is 5.48. The summed E-state index contributed by atoms with van der Waals surface area (Å²) in [6.07, 6.45) is -1.33. The predicted molar refractivity (Wildman–Crippen MR) is 112 cm³/mol. The Morgan fingerprint density at radius 1 is 1.00 bits per heavy atom. The molecule has 11 heteroatoms. The van der Waals surface area contributed by atoms with Crippen LogP contribution in [0, 0.1) is 17.3 Å². The van der Waals surface area contributed by atoms with E-state index in [0.717, 1.165) is 0 Å². The Morgan fingerprint density at radius 2 is 1.44 bits per heavy atom. The van der Waals surface area contributed by atoms with Crippen molar-refractivity contribution in [3.8, 4) is 0 Å². The van der Waals surface area contributed by atoms with Crippen LogP contribution in [0.15, 0.2) is 0 Å². The molecule has 0 rings (SSSR count). The molecular formula is C16H25Cl6NO4. The van der Waals surface area contributed by atoms with Crippen molar-refractivity contribution in [2.24, 2.45) is 17.3 Å². The molecule has 27 heavy (non-hydrogen) atoms. The first kappa shape index (κ1) is 27.6. The van der Waals surface area contributed by atoms with Gasteiger partial charge in [-0.3, -0.25) is 9.59 Å². The van der Waals surface area contributed by atoms with Crippen LogP contribution in [0.4, 0.5) is 0 Å². The third kappa shape index (κ3) is 8.90. The van der Waals surface area contributed by atoms with Crippen LogP contribution < -0.4 is 5.32 Å². The van der Waals surface area contributed by atoms with Gasteiger partial charge in [-0.05, 0) is 20.3 Å². The van der Waals surface area contributed by atoms with E-state index in [1.54, 1.807) is 13.8 Å². The highest BCUT2D eigenvalue weighted by Gasteiger charge is 2.44. The molecule has 1 amide bonds. The number of amides is 1. The molecule has 0 saturated heterocycles. The quantitative estimate of drug-likeness (QED) is 0.364. The van der Waals surface area contributed by atoms with E-state index >= 15 is 0 Å². The van der Waals surface area contributed by atoms with Crippen molar-refractivity contribution in [2.75, 3.05) is 7.11 Å². The smallest absolute Gasteiger partial charge is 0.313 e. The number of alkyl halides is 6. The van der Waals surface area contributed by atoms with Gasteiger partial charge in [0.1, 0.15) is 0 Å². The molecule has 0 radical (unpaired) electrons. The minimum absolute atomic E-state index is 0.0893. The monoisotopic (exact) mass is 505 g/mol. The number of aliphatic hydroxyl groups is 1. The zero-order valence-electron chi connectivity index (χ0n) is 15.7. The van der Waals surface area contributed by atoms with E-state index in [-0.39, 0.29) is 12.8 Å². The Kier molecular flexibility index (Phi) is 10.9. The Hall–Kier alpha value is 0.640. The summed E-state index contributed by atoms with van der Waals surface area (Å²) in [6.45, 7) is 6.23. The Bertz CT molecular complexity index is 518. The van der Waals surface area contributed by atoms with Crippen molar-refractivity contribution >= 4 is 81.5 Å². The first-order valence-corrected chi connectivity index (χ1v) is 10.4. The maximum Gasteiger partial charge on any atom is 0.313 e. The van der Waals surface area contributed by atoms with Crippen LogP contribution in [0.3, 0.4) is 0 Å². The molecule has 0 aliphatic rings. The summed E-state index contributed by atoms with van der Waals surface area (Å²) in [5.41, 5.74) is -1.32. The number of aliphatic hydroxyl groups excluding tert-OH is 1. The van der Waals surface area contributed by atoms with Crippen LogP contribution in [0.1, 0.15) is 40.5 Å². The van der Waals surface area contributed by atoms with Crippen LogP contribution in [0.5, 0.6) is 0 Å².